The van der Waals surface area contributed by atoms with Crippen molar-refractivity contribution in [1.82, 2.24) is 9.21 Å². The molecular weight excluding hydrogens is 308 g/mol. The molecule has 118 valence electrons. The van der Waals surface area contributed by atoms with Crippen LogP contribution in [0.2, 0.25) is 0 Å². The van der Waals surface area contributed by atoms with Gasteiger partial charge >= 0.3 is 0 Å². The van der Waals surface area contributed by atoms with E-state index in [-0.39, 0.29) is 0 Å². The number of halogens is 1. The lowest BCUT2D eigenvalue weighted by atomic mass is 10.1. The molecule has 0 amide bonds. The second-order valence-corrected chi connectivity index (χ2v) is 7.95. The van der Waals surface area contributed by atoms with Crippen molar-refractivity contribution in [2.75, 3.05) is 27.2 Å². The van der Waals surface area contributed by atoms with E-state index >= 15 is 0 Å². The minimum absolute atomic E-state index is 0.331. The first-order chi connectivity index (χ1) is 9.87. The molecule has 2 rings (SSSR count). The Kier molecular flexibility index (Phi) is 5.30. The molecule has 0 saturated carbocycles. The number of nitrogens with zero attached hydrogens (tertiary/aromatic N) is 2. The van der Waals surface area contributed by atoms with E-state index in [4.69, 9.17) is 11.6 Å². The topological polar surface area (TPSA) is 40.6 Å². The van der Waals surface area contributed by atoms with Crippen molar-refractivity contribution < 1.29 is 8.42 Å². The summed E-state index contributed by atoms with van der Waals surface area (Å²) in [6, 6.07) is 5.79. The Morgan fingerprint density at radius 2 is 1.90 bits per heavy atom. The first kappa shape index (κ1) is 16.7. The molecule has 0 spiro atoms. The summed E-state index contributed by atoms with van der Waals surface area (Å²) in [5, 5.41) is 0. The smallest absolute Gasteiger partial charge is 0.243 e. The Hall–Kier alpha value is -0.620. The van der Waals surface area contributed by atoms with Crippen LogP contribution in [-0.4, -0.2) is 50.8 Å². The van der Waals surface area contributed by atoms with Gasteiger partial charge in [0.15, 0.2) is 0 Å². The summed E-state index contributed by atoms with van der Waals surface area (Å²) in [6.45, 7) is 2.99. The molecule has 1 aromatic rings. The number of hydrogen-bond acceptors (Lipinski definition) is 3. The lowest BCUT2D eigenvalue weighted by molar-refractivity contribution is 0.196. The molecule has 21 heavy (non-hydrogen) atoms. The molecule has 1 aliphatic rings. The minimum atomic E-state index is -3.42. The van der Waals surface area contributed by atoms with Crippen LogP contribution in [-0.2, 0) is 15.9 Å². The van der Waals surface area contributed by atoms with Gasteiger partial charge in [0, 0.05) is 25.0 Å². The van der Waals surface area contributed by atoms with Crippen molar-refractivity contribution in [2.24, 2.45) is 0 Å². The summed E-state index contributed by atoms with van der Waals surface area (Å²) in [4.78, 5) is 2.56. The first-order valence-corrected chi connectivity index (χ1v) is 9.16. The Bertz CT molecular complexity index is 594. The van der Waals surface area contributed by atoms with E-state index in [9.17, 15) is 8.42 Å². The molecule has 0 aliphatic carbocycles. The largest absolute Gasteiger partial charge is 0.306 e. The molecule has 1 aliphatic heterocycles. The lowest BCUT2D eigenvalue weighted by Crippen LogP contribution is -2.44. The highest BCUT2D eigenvalue weighted by Crippen LogP contribution is 2.26. The van der Waals surface area contributed by atoms with E-state index < -0.39 is 10.0 Å². The zero-order valence-electron chi connectivity index (χ0n) is 12.8. The van der Waals surface area contributed by atoms with Crippen LogP contribution in [0.25, 0.3) is 0 Å². The average Bonchev–Trinajstić information content (AvgIpc) is 2.47. The van der Waals surface area contributed by atoms with Crippen molar-refractivity contribution >= 4 is 21.6 Å². The molecule has 1 fully saturated rings. The molecule has 0 unspecified atom stereocenters. The van der Waals surface area contributed by atoms with E-state index in [0.717, 1.165) is 24.0 Å². The summed E-state index contributed by atoms with van der Waals surface area (Å²) < 4.78 is 27.2. The monoisotopic (exact) mass is 330 g/mol. The van der Waals surface area contributed by atoms with E-state index in [1.165, 1.54) is 0 Å². The van der Waals surface area contributed by atoms with Crippen molar-refractivity contribution in [3.63, 3.8) is 0 Å². The second-order valence-electron chi connectivity index (χ2n) is 5.77. The van der Waals surface area contributed by atoms with Gasteiger partial charge in [-0.1, -0.05) is 12.1 Å². The van der Waals surface area contributed by atoms with E-state index in [1.54, 1.807) is 16.4 Å². The molecule has 0 atom stereocenters. The third-order valence-electron chi connectivity index (χ3n) is 4.31. The first-order valence-electron chi connectivity index (χ1n) is 7.19. The zero-order chi connectivity index (χ0) is 15.6. The normalized spacial score (nSPS) is 18.3. The molecule has 0 radical (unpaired) electrons. The zero-order valence-corrected chi connectivity index (χ0v) is 14.4. The average molecular weight is 331 g/mol. The fourth-order valence-corrected chi connectivity index (χ4v) is 4.85. The fraction of sp³-hybridized carbons (Fsp3) is 0.600. The van der Waals surface area contributed by atoms with Crippen LogP contribution in [0.15, 0.2) is 23.1 Å². The molecule has 0 N–H and O–H groups in total. The quantitative estimate of drug-likeness (QED) is 0.796. The van der Waals surface area contributed by atoms with Gasteiger partial charge in [0.05, 0.1) is 4.90 Å². The maximum absolute atomic E-state index is 12.8. The number of hydrogen-bond donors (Lipinski definition) is 0. The Labute approximate surface area is 132 Å². The SMILES string of the molecule is Cc1c(CCl)cccc1S(=O)(=O)N1CCC(N(C)C)CC1. The Balaban J connectivity index is 2.24. The van der Waals surface area contributed by atoms with E-state index in [2.05, 4.69) is 4.90 Å². The molecular formula is C15H23ClN2O2S. The van der Waals surface area contributed by atoms with Gasteiger partial charge in [-0.05, 0) is 51.1 Å². The molecule has 0 aromatic heterocycles. The number of alkyl halides is 1. The molecule has 0 bridgehead atoms. The van der Waals surface area contributed by atoms with Crippen LogP contribution in [0.5, 0.6) is 0 Å². The van der Waals surface area contributed by atoms with Gasteiger partial charge in [-0.25, -0.2) is 8.42 Å². The number of benzene rings is 1. The third-order valence-corrected chi connectivity index (χ3v) is 6.64. The van der Waals surface area contributed by atoms with Crippen LogP contribution in [0.4, 0.5) is 0 Å². The molecule has 6 heteroatoms. The van der Waals surface area contributed by atoms with Gasteiger partial charge in [-0.15, -0.1) is 11.6 Å². The van der Waals surface area contributed by atoms with Gasteiger partial charge in [-0.2, -0.15) is 4.31 Å². The van der Waals surface area contributed by atoms with Crippen molar-refractivity contribution in [3.8, 4) is 0 Å². The maximum atomic E-state index is 12.8. The van der Waals surface area contributed by atoms with Crippen LogP contribution < -0.4 is 0 Å². The van der Waals surface area contributed by atoms with Crippen molar-refractivity contribution in [1.29, 1.82) is 0 Å². The van der Waals surface area contributed by atoms with Gasteiger partial charge in [0.2, 0.25) is 10.0 Å². The third kappa shape index (κ3) is 3.42. The fourth-order valence-electron chi connectivity index (χ4n) is 2.82. The summed E-state index contributed by atoms with van der Waals surface area (Å²) in [5.41, 5.74) is 1.64. The maximum Gasteiger partial charge on any atom is 0.243 e. The minimum Gasteiger partial charge on any atom is -0.306 e. The Morgan fingerprint density at radius 1 is 1.29 bits per heavy atom. The summed E-state index contributed by atoms with van der Waals surface area (Å²) in [6.07, 6.45) is 1.75. The highest BCUT2D eigenvalue weighted by atomic mass is 35.5. The van der Waals surface area contributed by atoms with Gasteiger partial charge in [0.25, 0.3) is 0 Å². The van der Waals surface area contributed by atoms with Gasteiger partial charge in [0.1, 0.15) is 0 Å². The van der Waals surface area contributed by atoms with Crippen LogP contribution in [0.1, 0.15) is 24.0 Å². The Morgan fingerprint density at radius 3 is 2.43 bits per heavy atom. The standard InChI is InChI=1S/C15H23ClN2O2S/c1-12-13(11-16)5-4-6-15(12)21(19,20)18-9-7-14(8-10-18)17(2)3/h4-6,14H,7-11H2,1-3H3. The van der Waals surface area contributed by atoms with E-state index in [1.807, 2.05) is 27.1 Å². The van der Waals surface area contributed by atoms with Gasteiger partial charge in [-0.3, -0.25) is 0 Å². The molecule has 1 aromatic carbocycles. The summed E-state index contributed by atoms with van der Waals surface area (Å²) in [7, 11) is 0.671. The van der Waals surface area contributed by atoms with E-state index in [0.29, 0.717) is 29.9 Å². The number of rotatable bonds is 4. The molecule has 1 saturated heterocycles. The van der Waals surface area contributed by atoms with Crippen LogP contribution in [0, 0.1) is 6.92 Å². The van der Waals surface area contributed by atoms with Crippen LogP contribution in [0.3, 0.4) is 0 Å². The highest BCUT2D eigenvalue weighted by Gasteiger charge is 2.31. The highest BCUT2D eigenvalue weighted by molar-refractivity contribution is 7.89. The van der Waals surface area contributed by atoms with Crippen molar-refractivity contribution in [2.45, 2.75) is 36.6 Å². The number of sulfonamides is 1. The summed E-state index contributed by atoms with van der Waals surface area (Å²) >= 11 is 5.88. The predicted molar refractivity (Wildman–Crippen MR) is 86.2 cm³/mol. The predicted octanol–water partition coefficient (Wildman–Crippen LogP) is 2.45. The van der Waals surface area contributed by atoms with Crippen molar-refractivity contribution in [3.05, 3.63) is 29.3 Å². The molecule has 1 heterocycles. The molecule has 4 nitrogen and oxygen atoms in total. The van der Waals surface area contributed by atoms with Crippen LogP contribution >= 0.6 is 11.6 Å². The number of piperidine rings is 1. The second kappa shape index (κ2) is 6.65. The summed E-state index contributed by atoms with van der Waals surface area (Å²) in [5.74, 6) is 0.331. The van der Waals surface area contributed by atoms with Gasteiger partial charge < -0.3 is 4.90 Å². The lowest BCUT2D eigenvalue weighted by Gasteiger charge is -2.34.